The molecule has 9 nitrogen and oxygen atoms in total. The molecule has 3 heterocycles. The predicted octanol–water partition coefficient (Wildman–Crippen LogP) is 4.11. The number of carbonyl (C=O) groups excluding carboxylic acids is 2. The Kier molecular flexibility index (Phi) is 6.30. The average Bonchev–Trinajstić information content (AvgIpc) is 3.62. The van der Waals surface area contributed by atoms with E-state index in [1.807, 2.05) is 36.1 Å². The van der Waals surface area contributed by atoms with Crippen molar-refractivity contribution in [1.29, 1.82) is 0 Å². The Bertz CT molecular complexity index is 1290. The molecule has 0 saturated carbocycles. The zero-order valence-electron chi connectivity index (χ0n) is 19.3. The van der Waals surface area contributed by atoms with Gasteiger partial charge in [0.15, 0.2) is 5.76 Å². The first-order valence-corrected chi connectivity index (χ1v) is 11.5. The molecule has 2 aromatic heterocycles. The van der Waals surface area contributed by atoms with Crippen LogP contribution >= 0.6 is 0 Å². The molecule has 0 aliphatic carbocycles. The number of carbonyl (C=O) groups is 2. The van der Waals surface area contributed by atoms with Crippen molar-refractivity contribution in [3.8, 4) is 11.4 Å². The zero-order valence-corrected chi connectivity index (χ0v) is 19.3. The Labute approximate surface area is 202 Å². The maximum atomic E-state index is 13.0. The number of nitrogens with zero attached hydrogens (tertiary/aromatic N) is 4. The smallest absolute Gasteiger partial charge is 0.291 e. The summed E-state index contributed by atoms with van der Waals surface area (Å²) in [6.45, 7) is 4.71. The first-order chi connectivity index (χ1) is 17.1. The SMILES string of the molecule is CCc1nc(-c2ccc(N3CCN(C(=O)c4ccc(NC(=O)c5ccco5)cc4)CC3)cc2)no1. The van der Waals surface area contributed by atoms with Gasteiger partial charge in [0.25, 0.3) is 11.8 Å². The third-order valence-electron chi connectivity index (χ3n) is 5.96. The lowest BCUT2D eigenvalue weighted by atomic mass is 10.1. The molecule has 1 N–H and O–H groups in total. The number of furan rings is 1. The quantitative estimate of drug-likeness (QED) is 0.451. The Morgan fingerprint density at radius 1 is 0.971 bits per heavy atom. The summed E-state index contributed by atoms with van der Waals surface area (Å²) in [6.07, 6.45) is 2.16. The van der Waals surface area contributed by atoms with E-state index in [0.717, 1.165) is 24.3 Å². The molecule has 178 valence electrons. The topological polar surface area (TPSA) is 105 Å². The van der Waals surface area contributed by atoms with Gasteiger partial charge in [0.2, 0.25) is 11.7 Å². The minimum absolute atomic E-state index is 0.0206. The predicted molar refractivity (Wildman–Crippen MR) is 130 cm³/mol. The van der Waals surface area contributed by atoms with E-state index in [9.17, 15) is 9.59 Å². The normalized spacial score (nSPS) is 13.6. The number of anilines is 2. The highest BCUT2D eigenvalue weighted by Crippen LogP contribution is 2.23. The van der Waals surface area contributed by atoms with Crippen LogP contribution in [0.2, 0.25) is 0 Å². The van der Waals surface area contributed by atoms with Gasteiger partial charge in [0.1, 0.15) is 0 Å². The minimum atomic E-state index is -0.332. The van der Waals surface area contributed by atoms with Crippen LogP contribution in [0.25, 0.3) is 11.4 Å². The summed E-state index contributed by atoms with van der Waals surface area (Å²) in [5.74, 6) is 1.10. The molecule has 0 atom stereocenters. The van der Waals surface area contributed by atoms with Crippen molar-refractivity contribution in [2.24, 2.45) is 0 Å². The maximum absolute atomic E-state index is 13.0. The summed E-state index contributed by atoms with van der Waals surface area (Å²) < 4.78 is 10.3. The van der Waals surface area contributed by atoms with Crippen LogP contribution in [0.4, 0.5) is 11.4 Å². The van der Waals surface area contributed by atoms with Crippen molar-refractivity contribution in [2.45, 2.75) is 13.3 Å². The van der Waals surface area contributed by atoms with Gasteiger partial charge in [-0.3, -0.25) is 9.59 Å². The molecule has 4 aromatic rings. The van der Waals surface area contributed by atoms with E-state index >= 15 is 0 Å². The van der Waals surface area contributed by atoms with E-state index in [2.05, 4.69) is 20.4 Å². The first kappa shape index (κ1) is 22.4. The van der Waals surface area contributed by atoms with Crippen LogP contribution in [0, 0.1) is 0 Å². The molecule has 0 spiro atoms. The lowest BCUT2D eigenvalue weighted by Gasteiger charge is -2.36. The zero-order chi connectivity index (χ0) is 24.2. The van der Waals surface area contributed by atoms with Gasteiger partial charge in [0.05, 0.1) is 6.26 Å². The van der Waals surface area contributed by atoms with Crippen LogP contribution in [0.5, 0.6) is 0 Å². The van der Waals surface area contributed by atoms with Gasteiger partial charge < -0.3 is 24.1 Å². The lowest BCUT2D eigenvalue weighted by molar-refractivity contribution is 0.0746. The molecule has 1 fully saturated rings. The first-order valence-electron chi connectivity index (χ1n) is 11.5. The van der Waals surface area contributed by atoms with Crippen molar-refractivity contribution < 1.29 is 18.5 Å². The summed E-state index contributed by atoms with van der Waals surface area (Å²) in [6, 6.07) is 18.2. The monoisotopic (exact) mass is 471 g/mol. The van der Waals surface area contributed by atoms with Crippen molar-refractivity contribution >= 4 is 23.2 Å². The van der Waals surface area contributed by atoms with Crippen LogP contribution in [-0.2, 0) is 6.42 Å². The molecule has 0 radical (unpaired) electrons. The number of benzene rings is 2. The molecule has 2 aromatic carbocycles. The fourth-order valence-electron chi connectivity index (χ4n) is 3.98. The van der Waals surface area contributed by atoms with E-state index in [4.69, 9.17) is 8.94 Å². The fourth-order valence-corrected chi connectivity index (χ4v) is 3.98. The van der Waals surface area contributed by atoms with Gasteiger partial charge in [-0.2, -0.15) is 4.98 Å². The molecule has 0 bridgehead atoms. The number of aromatic nitrogens is 2. The van der Waals surface area contributed by atoms with Crippen molar-refractivity contribution in [2.75, 3.05) is 36.4 Å². The Balaban J connectivity index is 1.15. The average molecular weight is 472 g/mol. The summed E-state index contributed by atoms with van der Waals surface area (Å²) in [5, 5.41) is 6.78. The van der Waals surface area contributed by atoms with Gasteiger partial charge in [-0.15, -0.1) is 0 Å². The van der Waals surface area contributed by atoms with Crippen molar-refractivity contribution in [3.05, 3.63) is 84.1 Å². The fraction of sp³-hybridized carbons (Fsp3) is 0.231. The van der Waals surface area contributed by atoms with Crippen LogP contribution in [-0.4, -0.2) is 53.0 Å². The number of rotatable bonds is 6. The van der Waals surface area contributed by atoms with E-state index in [0.29, 0.717) is 42.5 Å². The molecular formula is C26H25N5O4. The molecule has 1 saturated heterocycles. The number of piperazine rings is 1. The second-order valence-corrected chi connectivity index (χ2v) is 8.20. The van der Waals surface area contributed by atoms with Crippen LogP contribution in [0.1, 0.15) is 33.7 Å². The third kappa shape index (κ3) is 4.93. The second kappa shape index (κ2) is 9.84. The number of aryl methyl sites for hydroxylation is 1. The highest BCUT2D eigenvalue weighted by atomic mass is 16.5. The second-order valence-electron chi connectivity index (χ2n) is 8.20. The molecule has 5 rings (SSSR count). The van der Waals surface area contributed by atoms with Crippen LogP contribution in [0.3, 0.4) is 0 Å². The van der Waals surface area contributed by atoms with Crippen LogP contribution in [0.15, 0.2) is 75.9 Å². The Hall–Kier alpha value is -4.40. The van der Waals surface area contributed by atoms with Crippen LogP contribution < -0.4 is 10.2 Å². The molecular weight excluding hydrogens is 446 g/mol. The standard InChI is InChI=1S/C26H25N5O4/c1-2-23-28-24(29-35-23)18-7-11-21(12-8-18)30-13-15-31(16-14-30)26(33)19-5-9-20(10-6-19)27-25(32)22-4-3-17-34-22/h3-12,17H,2,13-16H2,1H3,(H,27,32). The maximum Gasteiger partial charge on any atom is 0.291 e. The lowest BCUT2D eigenvalue weighted by Crippen LogP contribution is -2.48. The number of amides is 2. The Morgan fingerprint density at radius 2 is 1.71 bits per heavy atom. The summed E-state index contributed by atoms with van der Waals surface area (Å²) in [7, 11) is 0. The van der Waals surface area contributed by atoms with Gasteiger partial charge in [0, 0.05) is 55.1 Å². The molecule has 35 heavy (non-hydrogen) atoms. The summed E-state index contributed by atoms with van der Waals surface area (Å²) >= 11 is 0. The van der Waals surface area contributed by atoms with E-state index in [1.165, 1.54) is 6.26 Å². The van der Waals surface area contributed by atoms with E-state index in [1.54, 1.807) is 36.4 Å². The molecule has 2 amide bonds. The minimum Gasteiger partial charge on any atom is -0.459 e. The highest BCUT2D eigenvalue weighted by Gasteiger charge is 2.22. The number of nitrogens with one attached hydrogen (secondary N) is 1. The number of hydrogen-bond acceptors (Lipinski definition) is 7. The Morgan fingerprint density at radius 3 is 2.34 bits per heavy atom. The molecule has 1 aliphatic rings. The van der Waals surface area contributed by atoms with Gasteiger partial charge >= 0.3 is 0 Å². The summed E-state index contributed by atoms with van der Waals surface area (Å²) in [5.41, 5.74) is 3.19. The number of hydrogen-bond donors (Lipinski definition) is 1. The third-order valence-corrected chi connectivity index (χ3v) is 5.96. The van der Waals surface area contributed by atoms with E-state index in [-0.39, 0.29) is 17.6 Å². The van der Waals surface area contributed by atoms with Gasteiger partial charge in [-0.1, -0.05) is 12.1 Å². The van der Waals surface area contributed by atoms with E-state index < -0.39 is 0 Å². The van der Waals surface area contributed by atoms with Crippen molar-refractivity contribution in [3.63, 3.8) is 0 Å². The van der Waals surface area contributed by atoms with Crippen molar-refractivity contribution in [1.82, 2.24) is 15.0 Å². The molecule has 1 aliphatic heterocycles. The molecule has 0 unspecified atom stereocenters. The van der Waals surface area contributed by atoms with Gasteiger partial charge in [-0.05, 0) is 60.7 Å². The highest BCUT2D eigenvalue weighted by molar-refractivity contribution is 6.02. The molecule has 9 heteroatoms. The van der Waals surface area contributed by atoms with Gasteiger partial charge in [-0.25, -0.2) is 0 Å². The largest absolute Gasteiger partial charge is 0.459 e. The summed E-state index contributed by atoms with van der Waals surface area (Å²) in [4.78, 5) is 33.6.